The van der Waals surface area contributed by atoms with Gasteiger partial charge >= 0.3 is 5.97 Å². The Morgan fingerprint density at radius 2 is 1.89 bits per heavy atom. The molecule has 0 fully saturated rings. The van der Waals surface area contributed by atoms with Gasteiger partial charge in [-0.2, -0.15) is 8.42 Å². The molecule has 0 aliphatic carbocycles. The summed E-state index contributed by atoms with van der Waals surface area (Å²) in [7, 11) is -4.40. The summed E-state index contributed by atoms with van der Waals surface area (Å²) in [4.78, 5) is 14.6. The number of carboxylic acids is 1. The van der Waals surface area contributed by atoms with Crippen molar-refractivity contribution < 1.29 is 22.9 Å². The zero-order valence-electron chi connectivity index (χ0n) is 8.73. The van der Waals surface area contributed by atoms with Crippen molar-refractivity contribution in [1.29, 1.82) is 0 Å². The molecule has 0 saturated carbocycles. The van der Waals surface area contributed by atoms with Crippen LogP contribution < -0.4 is 0 Å². The average molecular weight is 285 g/mol. The van der Waals surface area contributed by atoms with Gasteiger partial charge in [0, 0.05) is 10.3 Å². The molecule has 0 spiro atoms. The Labute approximate surface area is 107 Å². The smallest absolute Gasteiger partial charge is 0.354 e. The summed E-state index contributed by atoms with van der Waals surface area (Å²) in [5.74, 6) is -1.23. The fraction of sp³-hybridized carbons (Fsp3) is 0. The van der Waals surface area contributed by atoms with Crippen molar-refractivity contribution in [2.24, 2.45) is 0 Å². The Bertz CT molecular complexity index is 754. The summed E-state index contributed by atoms with van der Waals surface area (Å²) in [6.07, 6.45) is 0. The molecule has 2 N–H and O–H groups in total. The first-order chi connectivity index (χ1) is 8.30. The first-order valence-electron chi connectivity index (χ1n) is 4.64. The SMILES string of the molecule is O=C(O)c1ccc2c(S(=O)(=O)O)ccc(S)c2n1. The molecule has 1 aromatic heterocycles. The minimum Gasteiger partial charge on any atom is -0.477 e. The van der Waals surface area contributed by atoms with E-state index in [1.807, 2.05) is 0 Å². The Balaban J connectivity index is 2.89. The van der Waals surface area contributed by atoms with E-state index >= 15 is 0 Å². The number of rotatable bonds is 2. The molecule has 1 aromatic carbocycles. The van der Waals surface area contributed by atoms with E-state index in [0.717, 1.165) is 6.07 Å². The molecule has 0 bridgehead atoms. The lowest BCUT2D eigenvalue weighted by molar-refractivity contribution is 0.0691. The number of carboxylic acid groups (broad SMARTS) is 1. The highest BCUT2D eigenvalue weighted by Crippen LogP contribution is 2.27. The van der Waals surface area contributed by atoms with Crippen LogP contribution in [0.5, 0.6) is 0 Å². The first-order valence-corrected chi connectivity index (χ1v) is 6.53. The lowest BCUT2D eigenvalue weighted by Crippen LogP contribution is -2.03. The Morgan fingerprint density at radius 3 is 2.44 bits per heavy atom. The molecule has 8 heteroatoms. The van der Waals surface area contributed by atoms with Crippen LogP contribution in [0.15, 0.2) is 34.1 Å². The number of pyridine rings is 1. The van der Waals surface area contributed by atoms with Crippen LogP contribution in [-0.4, -0.2) is 29.0 Å². The number of nitrogens with zero attached hydrogens (tertiary/aromatic N) is 1. The molecule has 0 atom stereocenters. The Morgan fingerprint density at radius 1 is 1.22 bits per heavy atom. The van der Waals surface area contributed by atoms with Crippen LogP contribution >= 0.6 is 12.6 Å². The highest BCUT2D eigenvalue weighted by molar-refractivity contribution is 7.86. The van der Waals surface area contributed by atoms with Crippen molar-refractivity contribution in [2.45, 2.75) is 9.79 Å². The molecule has 18 heavy (non-hydrogen) atoms. The van der Waals surface area contributed by atoms with Crippen molar-refractivity contribution in [3.8, 4) is 0 Å². The largest absolute Gasteiger partial charge is 0.477 e. The maximum Gasteiger partial charge on any atom is 0.354 e. The van der Waals surface area contributed by atoms with Gasteiger partial charge in [0.1, 0.15) is 10.6 Å². The lowest BCUT2D eigenvalue weighted by Gasteiger charge is -2.06. The van der Waals surface area contributed by atoms with Gasteiger partial charge in [-0.15, -0.1) is 12.6 Å². The van der Waals surface area contributed by atoms with Crippen LogP contribution in [0.25, 0.3) is 10.9 Å². The fourth-order valence-corrected chi connectivity index (χ4v) is 2.45. The summed E-state index contributed by atoms with van der Waals surface area (Å²) in [5, 5.41) is 8.93. The summed E-state index contributed by atoms with van der Waals surface area (Å²) in [6, 6.07) is 4.94. The number of aromatic carboxylic acids is 1. The van der Waals surface area contributed by atoms with E-state index in [1.165, 1.54) is 18.2 Å². The molecule has 2 rings (SSSR count). The van der Waals surface area contributed by atoms with Gasteiger partial charge in [0.15, 0.2) is 0 Å². The summed E-state index contributed by atoms with van der Waals surface area (Å²) >= 11 is 4.08. The molecule has 0 aliphatic rings. The summed E-state index contributed by atoms with van der Waals surface area (Å²) < 4.78 is 31.4. The van der Waals surface area contributed by atoms with E-state index in [-0.39, 0.29) is 21.5 Å². The topological polar surface area (TPSA) is 105 Å². The second kappa shape index (κ2) is 4.23. The highest BCUT2D eigenvalue weighted by atomic mass is 32.2. The molecule has 1 heterocycles. The molecule has 6 nitrogen and oxygen atoms in total. The van der Waals surface area contributed by atoms with Crippen LogP contribution in [0.2, 0.25) is 0 Å². The van der Waals surface area contributed by atoms with E-state index in [0.29, 0.717) is 4.90 Å². The van der Waals surface area contributed by atoms with Crippen molar-refractivity contribution in [3.05, 3.63) is 30.0 Å². The van der Waals surface area contributed by atoms with Gasteiger partial charge in [-0.3, -0.25) is 4.55 Å². The van der Waals surface area contributed by atoms with E-state index in [1.54, 1.807) is 0 Å². The minimum absolute atomic E-state index is 0.105. The van der Waals surface area contributed by atoms with Crippen LogP contribution in [0, 0.1) is 0 Å². The van der Waals surface area contributed by atoms with Gasteiger partial charge in [0.05, 0.1) is 5.52 Å². The van der Waals surface area contributed by atoms with Gasteiger partial charge in [0.2, 0.25) is 0 Å². The van der Waals surface area contributed by atoms with Crippen molar-refractivity contribution in [3.63, 3.8) is 0 Å². The monoisotopic (exact) mass is 285 g/mol. The number of fused-ring (bicyclic) bond motifs is 1. The van der Waals surface area contributed by atoms with Crippen LogP contribution in [0.4, 0.5) is 0 Å². The molecule has 0 saturated heterocycles. The Hall–Kier alpha value is -1.64. The predicted molar refractivity (Wildman–Crippen MR) is 65.8 cm³/mol. The first kappa shape index (κ1) is 12.8. The third kappa shape index (κ3) is 2.17. The van der Waals surface area contributed by atoms with E-state index in [4.69, 9.17) is 9.66 Å². The zero-order valence-corrected chi connectivity index (χ0v) is 10.4. The van der Waals surface area contributed by atoms with Gasteiger partial charge in [-0.1, -0.05) is 0 Å². The molecule has 94 valence electrons. The van der Waals surface area contributed by atoms with Gasteiger partial charge in [-0.05, 0) is 24.3 Å². The molecule has 0 unspecified atom stereocenters. The number of hydrogen-bond donors (Lipinski definition) is 3. The van der Waals surface area contributed by atoms with Gasteiger partial charge in [-0.25, -0.2) is 9.78 Å². The number of hydrogen-bond acceptors (Lipinski definition) is 5. The Kier molecular flexibility index (Phi) is 3.01. The summed E-state index contributed by atoms with van der Waals surface area (Å²) in [6.45, 7) is 0. The molecular weight excluding hydrogens is 278 g/mol. The van der Waals surface area contributed by atoms with Crippen LogP contribution in [0.1, 0.15) is 10.5 Å². The fourth-order valence-electron chi connectivity index (χ4n) is 1.52. The van der Waals surface area contributed by atoms with Gasteiger partial charge in [0.25, 0.3) is 10.1 Å². The maximum atomic E-state index is 11.2. The highest BCUT2D eigenvalue weighted by Gasteiger charge is 2.17. The van der Waals surface area contributed by atoms with Crippen molar-refractivity contribution >= 4 is 39.6 Å². The van der Waals surface area contributed by atoms with Crippen molar-refractivity contribution in [1.82, 2.24) is 4.98 Å². The number of carbonyl (C=O) groups is 1. The molecule has 0 amide bonds. The molecule has 0 aliphatic heterocycles. The van der Waals surface area contributed by atoms with Crippen molar-refractivity contribution in [2.75, 3.05) is 0 Å². The lowest BCUT2D eigenvalue weighted by atomic mass is 10.2. The normalized spacial score (nSPS) is 11.7. The van der Waals surface area contributed by atoms with E-state index < -0.39 is 16.1 Å². The quantitative estimate of drug-likeness (QED) is 0.570. The third-order valence-electron chi connectivity index (χ3n) is 2.29. The molecule has 0 radical (unpaired) electrons. The third-order valence-corrected chi connectivity index (χ3v) is 3.57. The van der Waals surface area contributed by atoms with Gasteiger partial charge < -0.3 is 5.11 Å². The predicted octanol–water partition coefficient (Wildman–Crippen LogP) is 1.47. The number of aromatic nitrogens is 1. The van der Waals surface area contributed by atoms with E-state index in [2.05, 4.69) is 17.6 Å². The average Bonchev–Trinajstić information content (AvgIpc) is 2.27. The molecule has 2 aromatic rings. The standard InChI is InChI=1S/C10H7NO5S2/c12-10(13)6-2-1-5-8(18(14,15)16)4-3-7(17)9(5)11-6/h1-4,17H,(H,12,13)(H,14,15,16). The minimum atomic E-state index is -4.40. The number of thiol groups is 1. The second-order valence-electron chi connectivity index (χ2n) is 3.46. The second-order valence-corrected chi connectivity index (χ2v) is 5.33. The van der Waals surface area contributed by atoms with E-state index in [9.17, 15) is 13.2 Å². The van der Waals surface area contributed by atoms with Crippen LogP contribution in [0.3, 0.4) is 0 Å². The van der Waals surface area contributed by atoms with Crippen LogP contribution in [-0.2, 0) is 10.1 Å². The molecular formula is C10H7NO5S2. The number of benzene rings is 1. The maximum absolute atomic E-state index is 11.2. The zero-order chi connectivity index (χ0) is 13.5. The summed E-state index contributed by atoms with van der Waals surface area (Å²) in [5.41, 5.74) is -0.126.